The number of esters is 1. The Balaban J connectivity index is 2.91. The van der Waals surface area contributed by atoms with Crippen LogP contribution >= 0.6 is 0 Å². The molecule has 0 aliphatic carbocycles. The van der Waals surface area contributed by atoms with Gasteiger partial charge in [0, 0.05) is 5.57 Å². The van der Waals surface area contributed by atoms with Crippen LogP contribution in [0.2, 0.25) is 0 Å². The molecule has 8 nitrogen and oxygen atoms in total. The molecule has 3 N–H and O–H groups in total. The van der Waals surface area contributed by atoms with Gasteiger partial charge < -0.3 is 20.1 Å². The van der Waals surface area contributed by atoms with E-state index in [4.69, 9.17) is 14.9 Å². The molecular formula is C17H18O8. The first-order chi connectivity index (χ1) is 11.6. The Hall–Kier alpha value is -3.16. The minimum absolute atomic E-state index is 0.118. The Morgan fingerprint density at radius 1 is 0.920 bits per heavy atom. The summed E-state index contributed by atoms with van der Waals surface area (Å²) in [6.07, 6.45) is 1.06. The van der Waals surface area contributed by atoms with Gasteiger partial charge in [0.25, 0.3) is 0 Å². The number of hydrogen-bond donors (Lipinski definition) is 3. The molecule has 0 atom stereocenters. The van der Waals surface area contributed by atoms with Gasteiger partial charge in [-0.2, -0.15) is 0 Å². The zero-order chi connectivity index (χ0) is 19.1. The van der Waals surface area contributed by atoms with Gasteiger partial charge in [0.15, 0.2) is 0 Å². The Bertz CT molecular complexity index is 732. The molecule has 8 heteroatoms. The van der Waals surface area contributed by atoms with E-state index < -0.39 is 35.0 Å². The highest BCUT2D eigenvalue weighted by atomic mass is 16.5. The summed E-state index contributed by atoms with van der Waals surface area (Å²) >= 11 is 0. The first-order valence-corrected chi connectivity index (χ1v) is 7.34. The lowest BCUT2D eigenvalue weighted by Crippen LogP contribution is -2.13. The minimum Gasteiger partial charge on any atom is -0.478 e. The average Bonchev–Trinajstić information content (AvgIpc) is 2.52. The van der Waals surface area contributed by atoms with Crippen LogP contribution in [-0.4, -0.2) is 45.8 Å². The maximum atomic E-state index is 11.3. The predicted octanol–water partition coefficient (Wildman–Crippen LogP) is 2.22. The van der Waals surface area contributed by atoms with Crippen LogP contribution < -0.4 is 0 Å². The highest BCUT2D eigenvalue weighted by molar-refractivity contribution is 6.04. The van der Waals surface area contributed by atoms with Crippen LogP contribution in [0.1, 0.15) is 56.4 Å². The monoisotopic (exact) mass is 350 g/mol. The fourth-order valence-corrected chi connectivity index (χ4v) is 2.11. The molecule has 0 aliphatic heterocycles. The van der Waals surface area contributed by atoms with Crippen molar-refractivity contribution in [3.8, 4) is 0 Å². The third kappa shape index (κ3) is 5.45. The van der Waals surface area contributed by atoms with Gasteiger partial charge >= 0.3 is 23.9 Å². The molecule has 0 radical (unpaired) electrons. The Morgan fingerprint density at radius 2 is 1.44 bits per heavy atom. The molecule has 0 heterocycles. The quantitative estimate of drug-likeness (QED) is 0.350. The standard InChI is InChI=1S/C17H18O8/c1-9(2)17(24)25-6-4-3-5-10-7-12(15(20)21)13(16(22)23)8-11(10)14(18)19/h7-8H,1,3-6H2,2H3,(H,18,19)(H,20,21)(H,22,23). The molecule has 0 amide bonds. The van der Waals surface area contributed by atoms with Crippen LogP contribution in [0, 0.1) is 0 Å². The van der Waals surface area contributed by atoms with Crippen molar-refractivity contribution >= 4 is 23.9 Å². The summed E-state index contributed by atoms with van der Waals surface area (Å²) in [5.41, 5.74) is -0.837. The third-order valence-electron chi connectivity index (χ3n) is 3.36. The molecule has 1 aromatic carbocycles. The van der Waals surface area contributed by atoms with E-state index in [2.05, 4.69) is 6.58 Å². The van der Waals surface area contributed by atoms with Crippen LogP contribution in [0.4, 0.5) is 0 Å². The van der Waals surface area contributed by atoms with Gasteiger partial charge in [-0.3, -0.25) is 0 Å². The summed E-state index contributed by atoms with van der Waals surface area (Å²) in [5, 5.41) is 27.4. The molecule has 0 saturated heterocycles. The van der Waals surface area contributed by atoms with Gasteiger partial charge in [0.05, 0.1) is 23.3 Å². The summed E-state index contributed by atoms with van der Waals surface area (Å²) in [7, 11) is 0. The van der Waals surface area contributed by atoms with Crippen molar-refractivity contribution in [2.45, 2.75) is 26.2 Å². The van der Waals surface area contributed by atoms with Crippen molar-refractivity contribution in [3.63, 3.8) is 0 Å². The number of carboxylic acids is 3. The predicted molar refractivity (Wildman–Crippen MR) is 86.0 cm³/mol. The van der Waals surface area contributed by atoms with E-state index >= 15 is 0 Å². The van der Waals surface area contributed by atoms with Gasteiger partial charge in [-0.1, -0.05) is 6.58 Å². The fraction of sp³-hybridized carbons (Fsp3) is 0.294. The maximum Gasteiger partial charge on any atom is 0.336 e. The fourth-order valence-electron chi connectivity index (χ4n) is 2.11. The minimum atomic E-state index is -1.52. The van der Waals surface area contributed by atoms with Crippen LogP contribution in [0.5, 0.6) is 0 Å². The number of unbranched alkanes of at least 4 members (excludes halogenated alkanes) is 1. The molecule has 1 rings (SSSR count). The van der Waals surface area contributed by atoms with Crippen LogP contribution in [0.3, 0.4) is 0 Å². The van der Waals surface area contributed by atoms with Gasteiger partial charge in [-0.25, -0.2) is 19.2 Å². The zero-order valence-corrected chi connectivity index (χ0v) is 13.6. The van der Waals surface area contributed by atoms with Crippen molar-refractivity contribution < 1.29 is 39.2 Å². The number of hydrogen-bond acceptors (Lipinski definition) is 5. The number of rotatable bonds is 9. The second kappa shape index (κ2) is 8.62. The Morgan fingerprint density at radius 3 is 1.92 bits per heavy atom. The lowest BCUT2D eigenvalue weighted by molar-refractivity contribution is -0.139. The van der Waals surface area contributed by atoms with E-state index in [9.17, 15) is 24.3 Å². The van der Waals surface area contributed by atoms with E-state index in [0.29, 0.717) is 12.8 Å². The van der Waals surface area contributed by atoms with Crippen LogP contribution in [0.25, 0.3) is 0 Å². The number of carbonyl (C=O) groups is 4. The average molecular weight is 350 g/mol. The van der Waals surface area contributed by atoms with Gasteiger partial charge in [-0.05, 0) is 43.9 Å². The number of aryl methyl sites for hydroxylation is 1. The number of carboxylic acid groups (broad SMARTS) is 3. The van der Waals surface area contributed by atoms with Gasteiger partial charge in [-0.15, -0.1) is 0 Å². The molecule has 1 aromatic rings. The van der Waals surface area contributed by atoms with E-state index in [1.165, 1.54) is 6.92 Å². The summed E-state index contributed by atoms with van der Waals surface area (Å²) in [6, 6.07) is 1.92. The summed E-state index contributed by atoms with van der Waals surface area (Å²) in [4.78, 5) is 44.8. The number of benzene rings is 1. The molecular weight excluding hydrogens is 332 g/mol. The Labute approximate surface area is 143 Å². The first-order valence-electron chi connectivity index (χ1n) is 7.34. The molecule has 0 spiro atoms. The number of aromatic carboxylic acids is 3. The van der Waals surface area contributed by atoms with Crippen molar-refractivity contribution in [2.75, 3.05) is 6.61 Å². The highest BCUT2D eigenvalue weighted by Gasteiger charge is 2.22. The molecule has 0 saturated carbocycles. The molecule has 134 valence electrons. The molecule has 0 unspecified atom stereocenters. The van der Waals surface area contributed by atoms with E-state index in [0.717, 1.165) is 12.1 Å². The lowest BCUT2D eigenvalue weighted by Gasteiger charge is -2.10. The van der Waals surface area contributed by atoms with Crippen LogP contribution in [0.15, 0.2) is 24.3 Å². The topological polar surface area (TPSA) is 138 Å². The van der Waals surface area contributed by atoms with Crippen LogP contribution in [-0.2, 0) is 16.0 Å². The summed E-state index contributed by atoms with van der Waals surface area (Å²) in [6.45, 7) is 5.07. The normalized spacial score (nSPS) is 10.1. The molecule has 0 bridgehead atoms. The SMILES string of the molecule is C=C(C)C(=O)OCCCCc1cc(C(=O)O)c(C(=O)O)cc1C(=O)O. The molecule has 0 fully saturated rings. The van der Waals surface area contributed by atoms with E-state index in [1.54, 1.807) is 0 Å². The van der Waals surface area contributed by atoms with Gasteiger partial charge in [0.2, 0.25) is 0 Å². The second-order valence-corrected chi connectivity index (χ2v) is 5.34. The largest absolute Gasteiger partial charge is 0.478 e. The van der Waals surface area contributed by atoms with Crippen molar-refractivity contribution in [3.05, 3.63) is 46.5 Å². The molecule has 0 aromatic heterocycles. The van der Waals surface area contributed by atoms with Crippen molar-refractivity contribution in [1.82, 2.24) is 0 Å². The molecule has 25 heavy (non-hydrogen) atoms. The lowest BCUT2D eigenvalue weighted by atomic mass is 9.95. The number of carbonyl (C=O) groups excluding carboxylic acids is 1. The summed E-state index contributed by atoms with van der Waals surface area (Å²) in [5.74, 6) is -4.84. The highest BCUT2D eigenvalue weighted by Crippen LogP contribution is 2.20. The van der Waals surface area contributed by atoms with Crippen molar-refractivity contribution in [1.29, 1.82) is 0 Å². The number of ether oxygens (including phenoxy) is 1. The maximum absolute atomic E-state index is 11.3. The first kappa shape index (κ1) is 19.9. The molecule has 0 aliphatic rings. The Kier molecular flexibility index (Phi) is 6.86. The second-order valence-electron chi connectivity index (χ2n) is 5.34. The van der Waals surface area contributed by atoms with Gasteiger partial charge in [0.1, 0.15) is 0 Å². The zero-order valence-electron chi connectivity index (χ0n) is 13.6. The van der Waals surface area contributed by atoms with E-state index in [1.807, 2.05) is 0 Å². The third-order valence-corrected chi connectivity index (χ3v) is 3.36. The summed E-state index contributed by atoms with van der Waals surface area (Å²) < 4.78 is 4.90. The van der Waals surface area contributed by atoms with E-state index in [-0.39, 0.29) is 29.7 Å². The van der Waals surface area contributed by atoms with Crippen molar-refractivity contribution in [2.24, 2.45) is 0 Å². The smallest absolute Gasteiger partial charge is 0.336 e.